The van der Waals surface area contributed by atoms with E-state index in [1.54, 1.807) is 17.0 Å². The van der Waals surface area contributed by atoms with Gasteiger partial charge >= 0.3 is 0 Å². The molecule has 1 saturated carbocycles. The van der Waals surface area contributed by atoms with Crippen molar-refractivity contribution in [2.24, 2.45) is 0 Å². The lowest BCUT2D eigenvalue weighted by Crippen LogP contribution is -2.50. The normalized spacial score (nSPS) is 17.9. The van der Waals surface area contributed by atoms with E-state index in [9.17, 15) is 9.90 Å². The van der Waals surface area contributed by atoms with Gasteiger partial charge in [0.2, 0.25) is 0 Å². The lowest BCUT2D eigenvalue weighted by Gasteiger charge is -2.41. The minimum Gasteiger partial charge on any atom is -0.394 e. The summed E-state index contributed by atoms with van der Waals surface area (Å²) >= 11 is 0. The maximum absolute atomic E-state index is 12.1. The van der Waals surface area contributed by atoms with Gasteiger partial charge in [0, 0.05) is 18.4 Å². The molecule has 0 atom stereocenters. The van der Waals surface area contributed by atoms with E-state index >= 15 is 0 Å². The molecule has 1 aliphatic carbocycles. The first kappa shape index (κ1) is 12.1. The molecule has 0 amide bonds. The van der Waals surface area contributed by atoms with Crippen LogP contribution >= 0.6 is 0 Å². The molecule has 0 unspecified atom stereocenters. The Balaban J connectivity index is 2.27. The predicted octanol–water partition coefficient (Wildman–Crippen LogP) is 1.15. The van der Waals surface area contributed by atoms with Gasteiger partial charge in [-0.3, -0.25) is 4.79 Å². The van der Waals surface area contributed by atoms with E-state index < -0.39 is 0 Å². The van der Waals surface area contributed by atoms with Gasteiger partial charge in [0.15, 0.2) is 5.82 Å². The van der Waals surface area contributed by atoms with Crippen LogP contribution in [0.2, 0.25) is 0 Å². The van der Waals surface area contributed by atoms with Crippen LogP contribution in [0.25, 0.3) is 0 Å². The van der Waals surface area contributed by atoms with Gasteiger partial charge in [-0.25, -0.2) is 4.98 Å². The minimum atomic E-state index is -0.331. The third-order valence-electron chi connectivity index (χ3n) is 3.42. The Morgan fingerprint density at radius 1 is 1.59 bits per heavy atom. The Kier molecular flexibility index (Phi) is 3.19. The minimum absolute atomic E-state index is 0.0463. The quantitative estimate of drug-likeness (QED) is 0.824. The number of aromatic nitrogens is 2. The summed E-state index contributed by atoms with van der Waals surface area (Å²) in [6, 6.07) is 0.109. The summed E-state index contributed by atoms with van der Waals surface area (Å²) in [4.78, 5) is 16.2. The van der Waals surface area contributed by atoms with E-state index in [4.69, 9.17) is 0 Å². The second-order valence-electron chi connectivity index (χ2n) is 5.00. The fourth-order valence-corrected chi connectivity index (χ4v) is 2.09. The van der Waals surface area contributed by atoms with Crippen molar-refractivity contribution in [1.29, 1.82) is 0 Å². The highest BCUT2D eigenvalue weighted by Crippen LogP contribution is 2.33. The molecule has 0 aliphatic heterocycles. The van der Waals surface area contributed by atoms with Crippen LogP contribution in [-0.4, -0.2) is 26.8 Å². The molecular formula is C12H19N3O2. The molecule has 2 rings (SSSR count). The number of aliphatic hydroxyl groups excluding tert-OH is 1. The molecule has 1 aromatic rings. The number of nitrogens with one attached hydrogen (secondary N) is 1. The highest BCUT2D eigenvalue weighted by Gasteiger charge is 2.37. The molecule has 1 aliphatic rings. The predicted molar refractivity (Wildman–Crippen MR) is 66.2 cm³/mol. The molecule has 1 aromatic heterocycles. The molecular weight excluding hydrogens is 218 g/mol. The number of hydrogen-bond acceptors (Lipinski definition) is 4. The van der Waals surface area contributed by atoms with Crippen LogP contribution in [0.4, 0.5) is 5.82 Å². The molecule has 1 fully saturated rings. The molecule has 5 heteroatoms. The van der Waals surface area contributed by atoms with Gasteiger partial charge in [-0.15, -0.1) is 0 Å². The van der Waals surface area contributed by atoms with Gasteiger partial charge in [-0.2, -0.15) is 0 Å². The SMILES string of the molecule is CC(C)n1ccnc(NC2(CO)CCC2)c1=O. The number of rotatable bonds is 4. The van der Waals surface area contributed by atoms with E-state index in [1.165, 1.54) is 0 Å². The maximum Gasteiger partial charge on any atom is 0.293 e. The van der Waals surface area contributed by atoms with Crippen LogP contribution < -0.4 is 10.9 Å². The lowest BCUT2D eigenvalue weighted by molar-refractivity contribution is 0.143. The third-order valence-corrected chi connectivity index (χ3v) is 3.42. The van der Waals surface area contributed by atoms with Crippen LogP contribution in [0.3, 0.4) is 0 Å². The zero-order valence-electron chi connectivity index (χ0n) is 10.3. The van der Waals surface area contributed by atoms with Crippen LogP contribution in [0.5, 0.6) is 0 Å². The lowest BCUT2D eigenvalue weighted by atomic mass is 9.77. The Morgan fingerprint density at radius 2 is 2.29 bits per heavy atom. The van der Waals surface area contributed by atoms with Gasteiger partial charge < -0.3 is 15.0 Å². The van der Waals surface area contributed by atoms with E-state index in [0.29, 0.717) is 5.82 Å². The van der Waals surface area contributed by atoms with E-state index in [2.05, 4.69) is 10.3 Å². The zero-order chi connectivity index (χ0) is 12.5. The largest absolute Gasteiger partial charge is 0.394 e. The zero-order valence-corrected chi connectivity index (χ0v) is 10.3. The van der Waals surface area contributed by atoms with Gasteiger partial charge in [-0.1, -0.05) is 0 Å². The molecule has 17 heavy (non-hydrogen) atoms. The molecule has 5 nitrogen and oxygen atoms in total. The second-order valence-corrected chi connectivity index (χ2v) is 5.00. The van der Waals surface area contributed by atoms with Crippen LogP contribution in [0.15, 0.2) is 17.2 Å². The van der Waals surface area contributed by atoms with Crippen molar-refractivity contribution in [2.45, 2.75) is 44.7 Å². The van der Waals surface area contributed by atoms with Crippen molar-refractivity contribution >= 4 is 5.82 Å². The molecule has 1 heterocycles. The average Bonchev–Trinajstić information content (AvgIpc) is 2.25. The van der Waals surface area contributed by atoms with Crippen LogP contribution in [0.1, 0.15) is 39.2 Å². The van der Waals surface area contributed by atoms with Gasteiger partial charge in [0.05, 0.1) is 12.1 Å². The summed E-state index contributed by atoms with van der Waals surface area (Å²) in [5, 5.41) is 12.5. The van der Waals surface area contributed by atoms with E-state index in [1.807, 2.05) is 13.8 Å². The number of anilines is 1. The van der Waals surface area contributed by atoms with Gasteiger partial charge in [-0.05, 0) is 33.1 Å². The summed E-state index contributed by atoms with van der Waals surface area (Å²) in [6.45, 7) is 3.96. The van der Waals surface area contributed by atoms with Gasteiger partial charge in [0.1, 0.15) is 0 Å². The molecule has 0 aromatic carbocycles. The maximum atomic E-state index is 12.1. The molecule has 0 saturated heterocycles. The highest BCUT2D eigenvalue weighted by molar-refractivity contribution is 5.36. The topological polar surface area (TPSA) is 67.2 Å². The summed E-state index contributed by atoms with van der Waals surface area (Å²) < 4.78 is 1.64. The summed E-state index contributed by atoms with van der Waals surface area (Å²) in [5.41, 5.74) is -0.454. The Morgan fingerprint density at radius 3 is 2.76 bits per heavy atom. The number of aliphatic hydroxyl groups is 1. The van der Waals surface area contributed by atoms with Crippen molar-refractivity contribution in [3.63, 3.8) is 0 Å². The molecule has 0 spiro atoms. The highest BCUT2D eigenvalue weighted by atomic mass is 16.3. The summed E-state index contributed by atoms with van der Waals surface area (Å²) in [7, 11) is 0. The van der Waals surface area contributed by atoms with Crippen molar-refractivity contribution in [3.8, 4) is 0 Å². The molecule has 0 radical (unpaired) electrons. The molecule has 94 valence electrons. The van der Waals surface area contributed by atoms with Crippen molar-refractivity contribution in [3.05, 3.63) is 22.7 Å². The average molecular weight is 237 g/mol. The van der Waals surface area contributed by atoms with E-state index in [0.717, 1.165) is 19.3 Å². The first-order valence-corrected chi connectivity index (χ1v) is 6.04. The van der Waals surface area contributed by atoms with Crippen LogP contribution in [0, 0.1) is 0 Å². The van der Waals surface area contributed by atoms with Gasteiger partial charge in [0.25, 0.3) is 5.56 Å². The standard InChI is InChI=1S/C12H19N3O2/c1-9(2)15-7-6-13-10(11(15)17)14-12(8-16)4-3-5-12/h6-7,9,16H,3-5,8H2,1-2H3,(H,13,14). The second kappa shape index (κ2) is 4.49. The number of hydrogen-bond donors (Lipinski definition) is 2. The third kappa shape index (κ3) is 2.20. The first-order chi connectivity index (χ1) is 8.08. The fourth-order valence-electron chi connectivity index (χ4n) is 2.09. The number of nitrogens with zero attached hydrogens (tertiary/aromatic N) is 2. The molecule has 2 N–H and O–H groups in total. The van der Waals surface area contributed by atoms with Crippen molar-refractivity contribution in [2.75, 3.05) is 11.9 Å². The molecule has 0 bridgehead atoms. The summed E-state index contributed by atoms with van der Waals surface area (Å²) in [5.74, 6) is 0.343. The summed E-state index contributed by atoms with van der Waals surface area (Å²) in [6.07, 6.45) is 6.17. The van der Waals surface area contributed by atoms with Crippen LogP contribution in [-0.2, 0) is 0 Å². The van der Waals surface area contributed by atoms with Crippen molar-refractivity contribution < 1.29 is 5.11 Å². The fraction of sp³-hybridized carbons (Fsp3) is 0.667. The van der Waals surface area contributed by atoms with E-state index in [-0.39, 0.29) is 23.7 Å². The smallest absolute Gasteiger partial charge is 0.293 e. The first-order valence-electron chi connectivity index (χ1n) is 6.04. The Bertz CT molecular complexity index is 444. The van der Waals surface area contributed by atoms with Crippen molar-refractivity contribution in [1.82, 2.24) is 9.55 Å². The Hall–Kier alpha value is -1.36. The Labute approximate surface area is 100 Å². The monoisotopic (exact) mass is 237 g/mol.